The van der Waals surface area contributed by atoms with E-state index in [1.807, 2.05) is 20.8 Å². The van der Waals surface area contributed by atoms with E-state index < -0.39 is 0 Å². The number of carbonyl (C=O) groups is 2. The van der Waals surface area contributed by atoms with Crippen LogP contribution in [0.25, 0.3) is 0 Å². The average Bonchev–Trinajstić information content (AvgIpc) is 2.10. The van der Waals surface area contributed by atoms with Gasteiger partial charge in [0.25, 0.3) is 0 Å². The molecular formula is C15H31N3O2. The lowest BCUT2D eigenvalue weighted by Gasteiger charge is -2.26. The van der Waals surface area contributed by atoms with Crippen LogP contribution < -0.4 is 11.1 Å². The maximum atomic E-state index is 12.0. The maximum Gasteiger partial charge on any atom is 0.240 e. The summed E-state index contributed by atoms with van der Waals surface area (Å²) in [4.78, 5) is 25.2. The number of rotatable bonds is 5. The Bertz CT molecular complexity index is 340. The molecule has 0 aromatic rings. The van der Waals surface area contributed by atoms with Gasteiger partial charge >= 0.3 is 0 Å². The van der Waals surface area contributed by atoms with Crippen LogP contribution >= 0.6 is 0 Å². The number of carbonyl (C=O) groups excluding carboxylic acids is 2. The molecule has 0 spiro atoms. The molecule has 0 rings (SSSR count). The van der Waals surface area contributed by atoms with Crippen LogP contribution in [-0.4, -0.2) is 41.9 Å². The summed E-state index contributed by atoms with van der Waals surface area (Å²) in [5.41, 5.74) is 5.79. The molecule has 0 radical (unpaired) electrons. The van der Waals surface area contributed by atoms with E-state index in [1.54, 1.807) is 7.05 Å². The van der Waals surface area contributed by atoms with Crippen molar-refractivity contribution in [2.45, 2.75) is 66.0 Å². The Morgan fingerprint density at radius 3 is 2.05 bits per heavy atom. The molecule has 0 aromatic heterocycles. The zero-order chi connectivity index (χ0) is 16.1. The molecule has 0 aliphatic rings. The molecule has 0 heterocycles. The summed E-state index contributed by atoms with van der Waals surface area (Å²) in [6.45, 7) is 12.1. The molecule has 118 valence electrons. The Hall–Kier alpha value is -1.10. The van der Waals surface area contributed by atoms with Gasteiger partial charge in [-0.25, -0.2) is 0 Å². The minimum atomic E-state index is -0.288. The lowest BCUT2D eigenvalue weighted by molar-refractivity contribution is -0.135. The highest BCUT2D eigenvalue weighted by molar-refractivity contribution is 5.85. The van der Waals surface area contributed by atoms with Crippen LogP contribution in [-0.2, 0) is 9.59 Å². The molecule has 3 N–H and O–H groups in total. The highest BCUT2D eigenvalue weighted by atomic mass is 16.2. The van der Waals surface area contributed by atoms with Gasteiger partial charge in [-0.2, -0.15) is 0 Å². The fraction of sp³-hybridized carbons (Fsp3) is 0.867. The molecule has 5 nitrogen and oxygen atoms in total. The first kappa shape index (κ1) is 18.9. The Morgan fingerprint density at radius 2 is 1.65 bits per heavy atom. The standard InChI is InChI=1S/C15H31N3O2/c1-14(2,3)9-11(16)8-13(20)18(7)10-12(19)17-15(4,5)6/h11H,8-10,16H2,1-7H3,(H,17,19). The highest BCUT2D eigenvalue weighted by Gasteiger charge is 2.22. The monoisotopic (exact) mass is 285 g/mol. The lowest BCUT2D eigenvalue weighted by atomic mass is 9.87. The Labute approximate surface area is 123 Å². The van der Waals surface area contributed by atoms with Crippen LogP contribution in [0, 0.1) is 5.41 Å². The van der Waals surface area contributed by atoms with Crippen LogP contribution in [0.3, 0.4) is 0 Å². The van der Waals surface area contributed by atoms with Gasteiger partial charge in [-0.15, -0.1) is 0 Å². The third kappa shape index (κ3) is 9.78. The van der Waals surface area contributed by atoms with Crippen molar-refractivity contribution in [1.29, 1.82) is 0 Å². The fourth-order valence-corrected chi connectivity index (χ4v) is 2.00. The summed E-state index contributed by atoms with van der Waals surface area (Å²) in [7, 11) is 1.63. The first-order valence-corrected chi connectivity index (χ1v) is 7.11. The molecule has 0 aliphatic heterocycles. The number of nitrogens with one attached hydrogen (secondary N) is 1. The van der Waals surface area contributed by atoms with Crippen LogP contribution in [0.1, 0.15) is 54.4 Å². The smallest absolute Gasteiger partial charge is 0.240 e. The summed E-state index contributed by atoms with van der Waals surface area (Å²) in [6.07, 6.45) is 1.05. The van der Waals surface area contributed by atoms with E-state index in [-0.39, 0.29) is 41.8 Å². The van der Waals surface area contributed by atoms with Gasteiger partial charge in [-0.1, -0.05) is 20.8 Å². The van der Waals surface area contributed by atoms with Crippen LogP contribution in [0.2, 0.25) is 0 Å². The molecule has 2 amide bonds. The molecule has 0 bridgehead atoms. The van der Waals surface area contributed by atoms with E-state index >= 15 is 0 Å². The first-order chi connectivity index (χ1) is 8.80. The van der Waals surface area contributed by atoms with E-state index in [4.69, 9.17) is 5.73 Å². The molecule has 0 fully saturated rings. The number of nitrogens with two attached hydrogens (primary N) is 1. The summed E-state index contributed by atoms with van der Waals surface area (Å²) in [6, 6.07) is -0.171. The zero-order valence-electron chi connectivity index (χ0n) is 14.0. The van der Waals surface area contributed by atoms with Crippen molar-refractivity contribution in [3.05, 3.63) is 0 Å². The molecule has 20 heavy (non-hydrogen) atoms. The molecule has 0 saturated heterocycles. The van der Waals surface area contributed by atoms with E-state index in [1.165, 1.54) is 4.90 Å². The van der Waals surface area contributed by atoms with Crippen LogP contribution in [0.4, 0.5) is 0 Å². The minimum absolute atomic E-state index is 0.0678. The Kier molecular flexibility index (Phi) is 6.68. The summed E-state index contributed by atoms with van der Waals surface area (Å²) in [5, 5.41) is 2.83. The largest absolute Gasteiger partial charge is 0.350 e. The topological polar surface area (TPSA) is 75.4 Å². The van der Waals surface area contributed by atoms with E-state index in [0.717, 1.165) is 6.42 Å². The van der Waals surface area contributed by atoms with Crippen molar-refractivity contribution in [2.24, 2.45) is 11.1 Å². The number of nitrogens with zero attached hydrogens (tertiary/aromatic N) is 1. The molecule has 0 saturated carbocycles. The normalized spacial score (nSPS) is 13.8. The van der Waals surface area contributed by atoms with Gasteiger partial charge in [0, 0.05) is 25.0 Å². The van der Waals surface area contributed by atoms with Crippen molar-refractivity contribution < 1.29 is 9.59 Å². The molecule has 1 atom stereocenters. The van der Waals surface area contributed by atoms with Gasteiger partial charge in [0.1, 0.15) is 0 Å². The number of hydrogen-bond acceptors (Lipinski definition) is 3. The number of hydrogen-bond donors (Lipinski definition) is 2. The number of amides is 2. The van der Waals surface area contributed by atoms with Crippen molar-refractivity contribution in [2.75, 3.05) is 13.6 Å². The van der Waals surface area contributed by atoms with Gasteiger partial charge in [0.05, 0.1) is 6.54 Å². The third-order valence-corrected chi connectivity index (χ3v) is 2.63. The molecule has 5 heteroatoms. The summed E-state index contributed by atoms with van der Waals surface area (Å²) in [5.74, 6) is -0.247. The van der Waals surface area contributed by atoms with Gasteiger partial charge < -0.3 is 16.0 Å². The van der Waals surface area contributed by atoms with E-state index in [9.17, 15) is 9.59 Å². The van der Waals surface area contributed by atoms with Crippen molar-refractivity contribution in [1.82, 2.24) is 10.2 Å². The molecule has 1 unspecified atom stereocenters. The fourth-order valence-electron chi connectivity index (χ4n) is 2.00. The predicted molar refractivity (Wildman–Crippen MR) is 82.2 cm³/mol. The van der Waals surface area contributed by atoms with Gasteiger partial charge in [-0.05, 0) is 32.6 Å². The third-order valence-electron chi connectivity index (χ3n) is 2.63. The summed E-state index contributed by atoms with van der Waals surface area (Å²) < 4.78 is 0. The predicted octanol–water partition coefficient (Wildman–Crippen LogP) is 1.51. The second kappa shape index (κ2) is 7.07. The minimum Gasteiger partial charge on any atom is -0.350 e. The Morgan fingerprint density at radius 1 is 1.15 bits per heavy atom. The highest BCUT2D eigenvalue weighted by Crippen LogP contribution is 2.21. The van der Waals surface area contributed by atoms with E-state index in [2.05, 4.69) is 26.1 Å². The Balaban J connectivity index is 4.26. The van der Waals surface area contributed by atoms with Crippen molar-refractivity contribution in [3.63, 3.8) is 0 Å². The zero-order valence-corrected chi connectivity index (χ0v) is 14.0. The average molecular weight is 285 g/mol. The van der Waals surface area contributed by atoms with Gasteiger partial charge in [0.2, 0.25) is 11.8 Å². The van der Waals surface area contributed by atoms with Gasteiger partial charge in [-0.3, -0.25) is 9.59 Å². The van der Waals surface area contributed by atoms with Crippen molar-refractivity contribution >= 4 is 11.8 Å². The quantitative estimate of drug-likeness (QED) is 0.804. The van der Waals surface area contributed by atoms with Crippen LogP contribution in [0.5, 0.6) is 0 Å². The van der Waals surface area contributed by atoms with E-state index in [0.29, 0.717) is 0 Å². The number of likely N-dealkylation sites (N-methyl/N-ethyl adjacent to an activating group) is 1. The van der Waals surface area contributed by atoms with Crippen LogP contribution in [0.15, 0.2) is 0 Å². The molecule has 0 aliphatic carbocycles. The summed E-state index contributed by atoms with van der Waals surface area (Å²) >= 11 is 0. The van der Waals surface area contributed by atoms with Gasteiger partial charge in [0.15, 0.2) is 0 Å². The first-order valence-electron chi connectivity index (χ1n) is 7.11. The van der Waals surface area contributed by atoms with Crippen molar-refractivity contribution in [3.8, 4) is 0 Å². The second-order valence-electron chi connectivity index (χ2n) is 7.78. The molecule has 0 aromatic carbocycles. The SMILES string of the molecule is CN(CC(=O)NC(C)(C)C)C(=O)CC(N)CC(C)(C)C. The maximum absolute atomic E-state index is 12.0. The molecular weight excluding hydrogens is 254 g/mol. The lowest BCUT2D eigenvalue weighted by Crippen LogP contribution is -2.47. The second-order valence-corrected chi connectivity index (χ2v) is 7.78.